The van der Waals surface area contributed by atoms with Crippen molar-refractivity contribution in [3.05, 3.63) is 42.1 Å². The molecule has 0 fully saturated rings. The maximum Gasteiger partial charge on any atom is 0.224 e. The van der Waals surface area contributed by atoms with Crippen LogP contribution in [0, 0.1) is 0 Å². The first-order valence-corrected chi connectivity index (χ1v) is 7.23. The number of hydrogen-bond donors (Lipinski definition) is 2. The smallest absolute Gasteiger partial charge is 0.224 e. The summed E-state index contributed by atoms with van der Waals surface area (Å²) in [4.78, 5) is 8.64. The Morgan fingerprint density at radius 1 is 1.14 bits per heavy atom. The zero-order chi connectivity index (χ0) is 14.9. The van der Waals surface area contributed by atoms with Crippen LogP contribution in [-0.4, -0.2) is 30.2 Å². The van der Waals surface area contributed by atoms with Crippen LogP contribution in [0.5, 0.6) is 0 Å². The van der Waals surface area contributed by atoms with E-state index < -0.39 is 0 Å². The van der Waals surface area contributed by atoms with Crippen molar-refractivity contribution < 1.29 is 4.74 Å². The van der Waals surface area contributed by atoms with Gasteiger partial charge in [0.15, 0.2) is 0 Å². The molecular formula is C16H22N4O. The van der Waals surface area contributed by atoms with Gasteiger partial charge < -0.3 is 15.4 Å². The summed E-state index contributed by atoms with van der Waals surface area (Å²) in [6.45, 7) is 3.67. The molecular weight excluding hydrogens is 264 g/mol. The number of anilines is 3. The lowest BCUT2D eigenvalue weighted by atomic mass is 10.1. The topological polar surface area (TPSA) is 59.1 Å². The summed E-state index contributed by atoms with van der Waals surface area (Å²) >= 11 is 0. The van der Waals surface area contributed by atoms with Crippen molar-refractivity contribution in [2.24, 2.45) is 0 Å². The minimum atomic E-state index is 0.626. The van der Waals surface area contributed by atoms with Crippen molar-refractivity contribution in [3.8, 4) is 0 Å². The van der Waals surface area contributed by atoms with Crippen LogP contribution in [0.4, 0.5) is 17.5 Å². The molecule has 2 N–H and O–H groups in total. The highest BCUT2D eigenvalue weighted by Gasteiger charge is 2.00. The molecule has 1 aromatic heterocycles. The molecule has 0 amide bonds. The number of rotatable bonds is 8. The van der Waals surface area contributed by atoms with Crippen LogP contribution in [0.1, 0.15) is 18.9 Å². The van der Waals surface area contributed by atoms with Gasteiger partial charge in [0.05, 0.1) is 0 Å². The third-order valence-electron chi connectivity index (χ3n) is 3.10. The Hall–Kier alpha value is -2.14. The molecule has 0 atom stereocenters. The summed E-state index contributed by atoms with van der Waals surface area (Å²) in [5, 5.41) is 6.46. The number of ether oxygens (including phenoxy) is 1. The van der Waals surface area contributed by atoms with Crippen LogP contribution in [0.15, 0.2) is 36.5 Å². The Morgan fingerprint density at radius 3 is 2.67 bits per heavy atom. The van der Waals surface area contributed by atoms with E-state index in [1.54, 1.807) is 13.3 Å². The second-order valence-electron chi connectivity index (χ2n) is 4.71. The molecule has 0 aliphatic rings. The van der Waals surface area contributed by atoms with Gasteiger partial charge in [0.25, 0.3) is 0 Å². The zero-order valence-corrected chi connectivity index (χ0v) is 12.6. The van der Waals surface area contributed by atoms with Gasteiger partial charge in [0, 0.05) is 32.1 Å². The summed E-state index contributed by atoms with van der Waals surface area (Å²) in [7, 11) is 1.70. The summed E-state index contributed by atoms with van der Waals surface area (Å²) in [6.07, 6.45) is 3.72. The lowest BCUT2D eigenvalue weighted by Gasteiger charge is -2.08. The summed E-state index contributed by atoms with van der Waals surface area (Å²) in [5.41, 5.74) is 2.35. The number of aryl methyl sites for hydroxylation is 1. The maximum atomic E-state index is 5.01. The fourth-order valence-corrected chi connectivity index (χ4v) is 1.90. The predicted octanol–water partition coefficient (Wildman–Crippen LogP) is 3.23. The van der Waals surface area contributed by atoms with Gasteiger partial charge in [-0.15, -0.1) is 0 Å². The highest BCUT2D eigenvalue weighted by atomic mass is 16.5. The molecule has 2 rings (SSSR count). The molecule has 2 aromatic rings. The molecule has 1 heterocycles. The van der Waals surface area contributed by atoms with Gasteiger partial charge in [-0.3, -0.25) is 0 Å². The third kappa shape index (κ3) is 5.04. The molecule has 0 bridgehead atoms. The number of aromatic nitrogens is 2. The summed E-state index contributed by atoms with van der Waals surface area (Å²) < 4.78 is 5.01. The Kier molecular flexibility index (Phi) is 5.97. The van der Waals surface area contributed by atoms with Crippen molar-refractivity contribution in [1.82, 2.24) is 9.97 Å². The minimum Gasteiger partial charge on any atom is -0.385 e. The van der Waals surface area contributed by atoms with Gasteiger partial charge in [0.2, 0.25) is 5.95 Å². The van der Waals surface area contributed by atoms with Gasteiger partial charge in [-0.2, -0.15) is 4.98 Å². The van der Waals surface area contributed by atoms with E-state index in [9.17, 15) is 0 Å². The molecule has 112 valence electrons. The molecule has 5 heteroatoms. The Balaban J connectivity index is 1.93. The van der Waals surface area contributed by atoms with Gasteiger partial charge >= 0.3 is 0 Å². The molecule has 0 aliphatic carbocycles. The Labute approximate surface area is 125 Å². The van der Waals surface area contributed by atoms with Crippen LogP contribution in [-0.2, 0) is 11.2 Å². The molecule has 21 heavy (non-hydrogen) atoms. The monoisotopic (exact) mass is 286 g/mol. The van der Waals surface area contributed by atoms with Crippen molar-refractivity contribution in [2.75, 3.05) is 30.9 Å². The molecule has 5 nitrogen and oxygen atoms in total. The van der Waals surface area contributed by atoms with E-state index >= 15 is 0 Å². The number of nitrogens with one attached hydrogen (secondary N) is 2. The lowest BCUT2D eigenvalue weighted by molar-refractivity contribution is 0.197. The summed E-state index contributed by atoms with van der Waals surface area (Å²) in [6, 6.07) is 10.2. The van der Waals surface area contributed by atoms with Crippen LogP contribution < -0.4 is 10.6 Å². The van der Waals surface area contributed by atoms with Crippen molar-refractivity contribution >= 4 is 17.5 Å². The Bertz CT molecular complexity index is 542. The summed E-state index contributed by atoms with van der Waals surface area (Å²) in [5.74, 6) is 1.41. The second kappa shape index (κ2) is 8.21. The van der Waals surface area contributed by atoms with E-state index in [2.05, 4.69) is 51.8 Å². The standard InChI is InChI=1S/C16H22N4O/c1-3-13-5-7-14(8-6-13)19-15-9-11-18-16(20-15)17-10-4-12-21-2/h5-9,11H,3-4,10,12H2,1-2H3,(H2,17,18,19,20). The van der Waals surface area contributed by atoms with Crippen molar-refractivity contribution in [1.29, 1.82) is 0 Å². The van der Waals surface area contributed by atoms with Crippen molar-refractivity contribution in [3.63, 3.8) is 0 Å². The molecule has 0 saturated carbocycles. The fourth-order valence-electron chi connectivity index (χ4n) is 1.90. The molecule has 1 aromatic carbocycles. The Morgan fingerprint density at radius 2 is 1.95 bits per heavy atom. The van der Waals surface area contributed by atoms with Gasteiger partial charge in [-0.25, -0.2) is 4.98 Å². The molecule has 0 unspecified atom stereocenters. The first-order chi connectivity index (χ1) is 10.3. The molecule has 0 radical (unpaired) electrons. The zero-order valence-electron chi connectivity index (χ0n) is 12.6. The fraction of sp³-hybridized carbons (Fsp3) is 0.375. The van der Waals surface area contributed by atoms with E-state index in [1.165, 1.54) is 5.56 Å². The van der Waals surface area contributed by atoms with Crippen molar-refractivity contribution in [2.45, 2.75) is 19.8 Å². The molecule has 0 aliphatic heterocycles. The number of hydrogen-bond acceptors (Lipinski definition) is 5. The second-order valence-corrected chi connectivity index (χ2v) is 4.71. The third-order valence-corrected chi connectivity index (χ3v) is 3.10. The highest BCUT2D eigenvalue weighted by Crippen LogP contribution is 2.16. The van der Waals surface area contributed by atoms with Crippen LogP contribution >= 0.6 is 0 Å². The minimum absolute atomic E-state index is 0.626. The van der Waals surface area contributed by atoms with E-state index in [4.69, 9.17) is 4.74 Å². The van der Waals surface area contributed by atoms with Crippen LogP contribution in [0.3, 0.4) is 0 Å². The SMILES string of the molecule is CCc1ccc(Nc2ccnc(NCCCOC)n2)cc1. The number of nitrogens with zero attached hydrogens (tertiary/aromatic N) is 2. The maximum absolute atomic E-state index is 5.01. The van der Waals surface area contributed by atoms with Crippen LogP contribution in [0.25, 0.3) is 0 Å². The normalized spacial score (nSPS) is 10.4. The van der Waals surface area contributed by atoms with E-state index in [-0.39, 0.29) is 0 Å². The highest BCUT2D eigenvalue weighted by molar-refractivity contribution is 5.57. The van der Waals surface area contributed by atoms with E-state index in [0.29, 0.717) is 5.95 Å². The van der Waals surface area contributed by atoms with Gasteiger partial charge in [-0.1, -0.05) is 19.1 Å². The largest absolute Gasteiger partial charge is 0.385 e. The van der Waals surface area contributed by atoms with Gasteiger partial charge in [-0.05, 0) is 36.6 Å². The first-order valence-electron chi connectivity index (χ1n) is 7.23. The number of methoxy groups -OCH3 is 1. The quantitative estimate of drug-likeness (QED) is 0.730. The molecule has 0 spiro atoms. The van der Waals surface area contributed by atoms with Gasteiger partial charge in [0.1, 0.15) is 5.82 Å². The lowest BCUT2D eigenvalue weighted by Crippen LogP contribution is -2.08. The first kappa shape index (κ1) is 15.3. The predicted molar refractivity (Wildman–Crippen MR) is 86.1 cm³/mol. The van der Waals surface area contributed by atoms with E-state index in [1.807, 2.05) is 6.07 Å². The van der Waals surface area contributed by atoms with Crippen LogP contribution in [0.2, 0.25) is 0 Å². The number of benzene rings is 1. The average molecular weight is 286 g/mol. The average Bonchev–Trinajstić information content (AvgIpc) is 2.53. The molecule has 0 saturated heterocycles. The van der Waals surface area contributed by atoms with E-state index in [0.717, 1.165) is 37.5 Å².